The zero-order valence-electron chi connectivity index (χ0n) is 10.2. The summed E-state index contributed by atoms with van der Waals surface area (Å²) < 4.78 is 5.28. The van der Waals surface area contributed by atoms with Crippen LogP contribution in [0.3, 0.4) is 0 Å². The molecular formula is C14H19BrO. The van der Waals surface area contributed by atoms with Gasteiger partial charge in [-0.15, -0.1) is 0 Å². The van der Waals surface area contributed by atoms with Gasteiger partial charge in [-0.1, -0.05) is 35.0 Å². The lowest BCUT2D eigenvalue weighted by Crippen LogP contribution is -2.06. The fourth-order valence-corrected chi connectivity index (χ4v) is 2.95. The topological polar surface area (TPSA) is 9.23 Å². The van der Waals surface area contributed by atoms with Crippen LogP contribution in [0.15, 0.2) is 18.2 Å². The molecule has 1 aliphatic carbocycles. The first-order valence-electron chi connectivity index (χ1n) is 5.92. The predicted octanol–water partition coefficient (Wildman–Crippen LogP) is 4.49. The van der Waals surface area contributed by atoms with Crippen LogP contribution in [0.4, 0.5) is 0 Å². The normalized spacial score (nSPS) is 19.2. The third-order valence-corrected chi connectivity index (χ3v) is 4.93. The van der Waals surface area contributed by atoms with Crippen molar-refractivity contribution in [1.29, 1.82) is 0 Å². The lowest BCUT2D eigenvalue weighted by atomic mass is 9.95. The molecule has 16 heavy (non-hydrogen) atoms. The first kappa shape index (κ1) is 12.0. The second kappa shape index (κ2) is 4.79. The van der Waals surface area contributed by atoms with Crippen molar-refractivity contribution in [3.63, 3.8) is 0 Å². The number of hydrogen-bond acceptors (Lipinski definition) is 1. The SMILES string of the molecule is COc1ccc(C(Br)C(C)C2CC2)cc1C. The van der Waals surface area contributed by atoms with Crippen LogP contribution in [0.5, 0.6) is 5.75 Å². The Morgan fingerprint density at radius 2 is 2.06 bits per heavy atom. The van der Waals surface area contributed by atoms with Gasteiger partial charge in [-0.3, -0.25) is 0 Å². The lowest BCUT2D eigenvalue weighted by molar-refractivity contribution is 0.411. The quantitative estimate of drug-likeness (QED) is 0.740. The maximum absolute atomic E-state index is 5.28. The van der Waals surface area contributed by atoms with Crippen molar-refractivity contribution in [3.05, 3.63) is 29.3 Å². The number of hydrogen-bond donors (Lipinski definition) is 0. The standard InChI is InChI=1S/C14H19BrO/c1-9-8-12(6-7-13(9)16-3)14(15)10(2)11-4-5-11/h6-8,10-11,14H,4-5H2,1-3H3. The second-order valence-electron chi connectivity index (χ2n) is 4.83. The van der Waals surface area contributed by atoms with E-state index in [0.717, 1.165) is 17.6 Å². The molecule has 0 aliphatic heterocycles. The lowest BCUT2D eigenvalue weighted by Gasteiger charge is -2.19. The van der Waals surface area contributed by atoms with Crippen molar-refractivity contribution in [1.82, 2.24) is 0 Å². The summed E-state index contributed by atoms with van der Waals surface area (Å²) in [5.41, 5.74) is 2.59. The number of ether oxygens (including phenoxy) is 1. The zero-order valence-corrected chi connectivity index (χ0v) is 11.8. The van der Waals surface area contributed by atoms with Crippen molar-refractivity contribution >= 4 is 15.9 Å². The average Bonchev–Trinajstić information content (AvgIpc) is 3.11. The monoisotopic (exact) mass is 282 g/mol. The third-order valence-electron chi connectivity index (χ3n) is 3.56. The molecule has 1 saturated carbocycles. The Morgan fingerprint density at radius 3 is 2.56 bits per heavy atom. The summed E-state index contributed by atoms with van der Waals surface area (Å²) in [6.07, 6.45) is 2.80. The number of rotatable bonds is 4. The molecule has 0 bridgehead atoms. The van der Waals surface area contributed by atoms with E-state index in [1.54, 1.807) is 7.11 Å². The molecule has 2 rings (SSSR count). The number of alkyl halides is 1. The van der Waals surface area contributed by atoms with Gasteiger partial charge >= 0.3 is 0 Å². The second-order valence-corrected chi connectivity index (χ2v) is 5.81. The molecule has 1 aliphatic rings. The van der Waals surface area contributed by atoms with Crippen molar-refractivity contribution in [2.75, 3.05) is 7.11 Å². The Bertz CT molecular complexity index is 371. The molecule has 1 aromatic rings. The van der Waals surface area contributed by atoms with Crippen LogP contribution in [-0.4, -0.2) is 7.11 Å². The minimum absolute atomic E-state index is 0.476. The van der Waals surface area contributed by atoms with Gasteiger partial charge < -0.3 is 4.74 Å². The summed E-state index contributed by atoms with van der Waals surface area (Å²) in [5, 5.41) is 0. The minimum atomic E-state index is 0.476. The Morgan fingerprint density at radius 1 is 1.38 bits per heavy atom. The highest BCUT2D eigenvalue weighted by Gasteiger charge is 2.32. The molecule has 2 atom stereocenters. The molecule has 1 nitrogen and oxygen atoms in total. The van der Waals surface area contributed by atoms with Gasteiger partial charge in [0.1, 0.15) is 5.75 Å². The summed E-state index contributed by atoms with van der Waals surface area (Å²) in [6.45, 7) is 4.44. The molecule has 2 unspecified atom stereocenters. The van der Waals surface area contributed by atoms with Crippen molar-refractivity contribution in [3.8, 4) is 5.75 Å². The van der Waals surface area contributed by atoms with E-state index in [1.165, 1.54) is 24.0 Å². The number of aryl methyl sites for hydroxylation is 1. The smallest absolute Gasteiger partial charge is 0.121 e. The Labute approximate surface area is 106 Å². The van der Waals surface area contributed by atoms with E-state index in [4.69, 9.17) is 4.74 Å². The highest BCUT2D eigenvalue weighted by Crippen LogP contribution is 2.46. The van der Waals surface area contributed by atoms with Crippen LogP contribution < -0.4 is 4.74 Å². The summed E-state index contributed by atoms with van der Waals surface area (Å²) >= 11 is 3.83. The molecule has 88 valence electrons. The number of halogens is 1. The van der Waals surface area contributed by atoms with E-state index in [9.17, 15) is 0 Å². The molecule has 0 amide bonds. The van der Waals surface area contributed by atoms with Crippen LogP contribution in [-0.2, 0) is 0 Å². The van der Waals surface area contributed by atoms with E-state index in [1.807, 2.05) is 0 Å². The molecule has 0 radical (unpaired) electrons. The molecule has 0 N–H and O–H groups in total. The summed E-state index contributed by atoms with van der Waals surface area (Å²) in [4.78, 5) is 0.476. The fourth-order valence-electron chi connectivity index (χ4n) is 2.24. The van der Waals surface area contributed by atoms with E-state index in [0.29, 0.717) is 4.83 Å². The van der Waals surface area contributed by atoms with E-state index < -0.39 is 0 Å². The highest BCUT2D eigenvalue weighted by atomic mass is 79.9. The summed E-state index contributed by atoms with van der Waals surface area (Å²) in [5.74, 6) is 2.63. The van der Waals surface area contributed by atoms with E-state index in [-0.39, 0.29) is 0 Å². The Hall–Kier alpha value is -0.500. The Kier molecular flexibility index (Phi) is 3.58. The van der Waals surface area contributed by atoms with Gasteiger partial charge in [-0.05, 0) is 48.8 Å². The first-order valence-corrected chi connectivity index (χ1v) is 6.83. The molecule has 0 heterocycles. The van der Waals surface area contributed by atoms with Crippen molar-refractivity contribution < 1.29 is 4.74 Å². The van der Waals surface area contributed by atoms with E-state index >= 15 is 0 Å². The van der Waals surface area contributed by atoms with Gasteiger partial charge in [0.15, 0.2) is 0 Å². The molecule has 2 heteroatoms. The average molecular weight is 283 g/mol. The zero-order chi connectivity index (χ0) is 11.7. The molecule has 1 aromatic carbocycles. The molecular weight excluding hydrogens is 264 g/mol. The van der Waals surface area contributed by atoms with Crippen LogP contribution >= 0.6 is 15.9 Å². The van der Waals surface area contributed by atoms with Crippen molar-refractivity contribution in [2.24, 2.45) is 11.8 Å². The van der Waals surface area contributed by atoms with Gasteiger partial charge in [0.25, 0.3) is 0 Å². The first-order chi connectivity index (χ1) is 7.63. The maximum Gasteiger partial charge on any atom is 0.121 e. The molecule has 0 saturated heterocycles. The molecule has 1 fully saturated rings. The van der Waals surface area contributed by atoms with Crippen molar-refractivity contribution in [2.45, 2.75) is 31.5 Å². The van der Waals surface area contributed by atoms with Crippen LogP contribution in [0.1, 0.15) is 35.7 Å². The number of methoxy groups -OCH3 is 1. The van der Waals surface area contributed by atoms with Crippen LogP contribution in [0.25, 0.3) is 0 Å². The minimum Gasteiger partial charge on any atom is -0.496 e. The largest absolute Gasteiger partial charge is 0.496 e. The van der Waals surface area contributed by atoms with Crippen LogP contribution in [0.2, 0.25) is 0 Å². The summed E-state index contributed by atoms with van der Waals surface area (Å²) in [7, 11) is 1.72. The third kappa shape index (κ3) is 2.42. The molecule has 0 spiro atoms. The molecule has 0 aromatic heterocycles. The van der Waals surface area contributed by atoms with Gasteiger partial charge in [-0.2, -0.15) is 0 Å². The van der Waals surface area contributed by atoms with Crippen LogP contribution in [0, 0.1) is 18.8 Å². The van der Waals surface area contributed by atoms with Gasteiger partial charge in [0.2, 0.25) is 0 Å². The number of benzene rings is 1. The summed E-state index contributed by atoms with van der Waals surface area (Å²) in [6, 6.07) is 6.47. The van der Waals surface area contributed by atoms with Gasteiger partial charge in [0, 0.05) is 4.83 Å². The predicted molar refractivity (Wildman–Crippen MR) is 71.3 cm³/mol. The Balaban J connectivity index is 2.16. The van der Waals surface area contributed by atoms with Gasteiger partial charge in [0.05, 0.1) is 7.11 Å². The maximum atomic E-state index is 5.28. The van der Waals surface area contributed by atoms with E-state index in [2.05, 4.69) is 48.0 Å². The van der Waals surface area contributed by atoms with Gasteiger partial charge in [-0.25, -0.2) is 0 Å². The highest BCUT2D eigenvalue weighted by molar-refractivity contribution is 9.09. The fraction of sp³-hybridized carbons (Fsp3) is 0.571.